The van der Waals surface area contributed by atoms with Crippen LogP contribution in [0.1, 0.15) is 11.5 Å². The molecular formula is C13H15N3O2S. The molecule has 1 saturated heterocycles. The van der Waals surface area contributed by atoms with E-state index in [1.807, 2.05) is 30.3 Å². The molecule has 1 heterocycles. The van der Waals surface area contributed by atoms with E-state index in [-0.39, 0.29) is 35.9 Å². The van der Waals surface area contributed by atoms with Crippen LogP contribution in [0.5, 0.6) is 0 Å². The summed E-state index contributed by atoms with van der Waals surface area (Å²) in [6.45, 7) is 0.305. The van der Waals surface area contributed by atoms with Crippen molar-refractivity contribution < 1.29 is 9.59 Å². The summed E-state index contributed by atoms with van der Waals surface area (Å²) in [5.41, 5.74) is 6.65. The number of thiocarbonyl (C=S) groups is 1. The first-order valence-electron chi connectivity index (χ1n) is 5.90. The number of nitrogens with two attached hydrogens (primary N) is 1. The number of rotatable bonds is 4. The van der Waals surface area contributed by atoms with Crippen LogP contribution in [0.15, 0.2) is 30.3 Å². The first kappa shape index (κ1) is 13.5. The molecule has 19 heavy (non-hydrogen) atoms. The molecule has 1 aromatic carbocycles. The van der Waals surface area contributed by atoms with E-state index in [2.05, 4.69) is 0 Å². The van der Waals surface area contributed by atoms with E-state index in [4.69, 9.17) is 18.0 Å². The molecule has 0 bridgehead atoms. The van der Waals surface area contributed by atoms with Crippen molar-refractivity contribution in [1.82, 2.24) is 9.80 Å². The number of amides is 3. The van der Waals surface area contributed by atoms with Crippen LogP contribution in [0.2, 0.25) is 0 Å². The Morgan fingerprint density at radius 1 is 1.37 bits per heavy atom. The number of imide groups is 1. The second kappa shape index (κ2) is 5.36. The molecule has 0 aromatic heterocycles. The monoisotopic (exact) mass is 277 g/mol. The molecule has 1 unspecified atom stereocenters. The third-order valence-corrected chi connectivity index (χ3v) is 3.43. The SMILES string of the molecule is CN1CC(=O)N(CC(C(N)=S)c2ccccc2)C1=O. The van der Waals surface area contributed by atoms with Crippen LogP contribution >= 0.6 is 12.2 Å². The van der Waals surface area contributed by atoms with Crippen molar-refractivity contribution in [1.29, 1.82) is 0 Å². The van der Waals surface area contributed by atoms with Crippen molar-refractivity contribution in [2.75, 3.05) is 20.1 Å². The van der Waals surface area contributed by atoms with E-state index in [0.717, 1.165) is 5.56 Å². The van der Waals surface area contributed by atoms with Crippen molar-refractivity contribution in [3.05, 3.63) is 35.9 Å². The Hall–Kier alpha value is -1.95. The maximum Gasteiger partial charge on any atom is 0.326 e. The van der Waals surface area contributed by atoms with E-state index in [0.29, 0.717) is 0 Å². The van der Waals surface area contributed by atoms with Gasteiger partial charge in [0.05, 0.1) is 10.9 Å². The minimum Gasteiger partial charge on any atom is -0.393 e. The molecule has 0 radical (unpaired) electrons. The third kappa shape index (κ3) is 2.73. The van der Waals surface area contributed by atoms with Gasteiger partial charge in [-0.25, -0.2) is 4.79 Å². The molecule has 1 aliphatic heterocycles. The minimum atomic E-state index is -0.310. The Morgan fingerprint density at radius 2 is 2.00 bits per heavy atom. The second-order valence-electron chi connectivity index (χ2n) is 4.51. The van der Waals surface area contributed by atoms with Gasteiger partial charge < -0.3 is 10.6 Å². The van der Waals surface area contributed by atoms with Crippen LogP contribution in [0.3, 0.4) is 0 Å². The molecule has 1 aromatic rings. The average molecular weight is 277 g/mol. The molecule has 0 spiro atoms. The molecule has 1 atom stereocenters. The molecule has 3 amide bonds. The molecule has 100 valence electrons. The molecule has 6 heteroatoms. The summed E-state index contributed by atoms with van der Waals surface area (Å²) in [7, 11) is 1.60. The first-order chi connectivity index (χ1) is 9.00. The summed E-state index contributed by atoms with van der Waals surface area (Å²) in [5.74, 6) is -0.528. The largest absolute Gasteiger partial charge is 0.393 e. The maximum atomic E-state index is 11.9. The number of hydrogen-bond donors (Lipinski definition) is 1. The van der Waals surface area contributed by atoms with E-state index in [9.17, 15) is 9.59 Å². The first-order valence-corrected chi connectivity index (χ1v) is 6.31. The topological polar surface area (TPSA) is 66.6 Å². The van der Waals surface area contributed by atoms with Gasteiger partial charge >= 0.3 is 6.03 Å². The number of nitrogens with zero attached hydrogens (tertiary/aromatic N) is 2. The third-order valence-electron chi connectivity index (χ3n) is 3.14. The predicted molar refractivity (Wildman–Crippen MR) is 75.7 cm³/mol. The molecular weight excluding hydrogens is 262 g/mol. The smallest absolute Gasteiger partial charge is 0.326 e. The number of likely N-dealkylation sites (N-methyl/N-ethyl adjacent to an activating group) is 1. The highest BCUT2D eigenvalue weighted by Gasteiger charge is 2.35. The van der Waals surface area contributed by atoms with Gasteiger partial charge in [-0.1, -0.05) is 42.5 Å². The van der Waals surface area contributed by atoms with E-state index in [1.54, 1.807) is 7.05 Å². The highest BCUT2D eigenvalue weighted by atomic mass is 32.1. The van der Waals surface area contributed by atoms with Crippen molar-refractivity contribution >= 4 is 29.1 Å². The van der Waals surface area contributed by atoms with Gasteiger partial charge in [-0.3, -0.25) is 9.69 Å². The Morgan fingerprint density at radius 3 is 2.47 bits per heavy atom. The summed E-state index contributed by atoms with van der Waals surface area (Å²) in [5, 5.41) is 0. The lowest BCUT2D eigenvalue weighted by Gasteiger charge is -2.21. The summed E-state index contributed by atoms with van der Waals surface area (Å²) >= 11 is 5.06. The summed E-state index contributed by atoms with van der Waals surface area (Å²) in [6.07, 6.45) is 0. The van der Waals surface area contributed by atoms with Crippen molar-refractivity contribution in [3.63, 3.8) is 0 Å². The normalized spacial score (nSPS) is 16.9. The Balaban J connectivity index is 2.21. The van der Waals surface area contributed by atoms with Gasteiger partial charge in [0, 0.05) is 13.6 Å². The number of carbonyl (C=O) groups is 2. The van der Waals surface area contributed by atoms with Crippen molar-refractivity contribution in [2.45, 2.75) is 5.92 Å². The zero-order valence-corrected chi connectivity index (χ0v) is 11.4. The van der Waals surface area contributed by atoms with Gasteiger partial charge in [-0.15, -0.1) is 0 Å². The quantitative estimate of drug-likeness (QED) is 0.657. The lowest BCUT2D eigenvalue weighted by molar-refractivity contribution is -0.125. The second-order valence-corrected chi connectivity index (χ2v) is 4.98. The molecule has 0 saturated carbocycles. The van der Waals surface area contributed by atoms with Crippen LogP contribution in [0.4, 0.5) is 4.79 Å². The van der Waals surface area contributed by atoms with Gasteiger partial charge in [-0.2, -0.15) is 0 Å². The highest BCUT2D eigenvalue weighted by Crippen LogP contribution is 2.20. The van der Waals surface area contributed by atoms with Gasteiger partial charge in [0.2, 0.25) is 5.91 Å². The average Bonchev–Trinajstić information content (AvgIpc) is 2.62. The fraction of sp³-hybridized carbons (Fsp3) is 0.308. The van der Waals surface area contributed by atoms with Crippen LogP contribution in [0.25, 0.3) is 0 Å². The molecule has 0 aliphatic carbocycles. The molecule has 2 rings (SSSR count). The summed E-state index contributed by atoms with van der Waals surface area (Å²) in [6, 6.07) is 9.11. The lowest BCUT2D eigenvalue weighted by Crippen LogP contribution is -2.38. The van der Waals surface area contributed by atoms with Gasteiger partial charge in [0.1, 0.15) is 6.54 Å². The standard InChI is InChI=1S/C13H15N3O2S/c1-15-8-11(17)16(13(15)18)7-10(12(14)19)9-5-3-2-4-6-9/h2-6,10H,7-8H2,1H3,(H2,14,19). The predicted octanol–water partition coefficient (Wildman–Crippen LogP) is 0.950. The molecule has 5 nitrogen and oxygen atoms in total. The molecule has 1 aliphatic rings. The lowest BCUT2D eigenvalue weighted by atomic mass is 9.98. The van der Waals surface area contributed by atoms with Crippen LogP contribution in [0, 0.1) is 0 Å². The van der Waals surface area contributed by atoms with Crippen LogP contribution in [-0.4, -0.2) is 46.9 Å². The molecule has 2 N–H and O–H groups in total. The number of urea groups is 1. The molecule has 1 fully saturated rings. The Kier molecular flexibility index (Phi) is 3.80. The van der Waals surface area contributed by atoms with E-state index in [1.165, 1.54) is 9.80 Å². The van der Waals surface area contributed by atoms with Crippen molar-refractivity contribution in [3.8, 4) is 0 Å². The number of carbonyl (C=O) groups excluding carboxylic acids is 2. The fourth-order valence-electron chi connectivity index (χ4n) is 2.08. The maximum absolute atomic E-state index is 11.9. The Labute approximate surface area is 117 Å². The van der Waals surface area contributed by atoms with Gasteiger partial charge in [0.15, 0.2) is 0 Å². The van der Waals surface area contributed by atoms with Crippen LogP contribution < -0.4 is 5.73 Å². The zero-order valence-electron chi connectivity index (χ0n) is 10.6. The van der Waals surface area contributed by atoms with Crippen molar-refractivity contribution in [2.24, 2.45) is 5.73 Å². The van der Waals surface area contributed by atoms with E-state index < -0.39 is 0 Å². The minimum absolute atomic E-state index is 0.109. The zero-order chi connectivity index (χ0) is 14.0. The summed E-state index contributed by atoms with van der Waals surface area (Å²) in [4.78, 5) is 26.5. The summed E-state index contributed by atoms with van der Waals surface area (Å²) < 4.78 is 0. The number of hydrogen-bond acceptors (Lipinski definition) is 3. The highest BCUT2D eigenvalue weighted by molar-refractivity contribution is 7.80. The van der Waals surface area contributed by atoms with Gasteiger partial charge in [-0.05, 0) is 5.56 Å². The Bertz CT molecular complexity index is 518. The fourth-order valence-corrected chi connectivity index (χ4v) is 2.29. The van der Waals surface area contributed by atoms with Gasteiger partial charge in [0.25, 0.3) is 0 Å². The number of benzene rings is 1. The van der Waals surface area contributed by atoms with Crippen LogP contribution in [-0.2, 0) is 4.79 Å². The van der Waals surface area contributed by atoms with E-state index >= 15 is 0 Å².